The highest BCUT2D eigenvalue weighted by molar-refractivity contribution is 7.81. The number of carboxylic acid groups (broad SMARTS) is 1. The van der Waals surface area contributed by atoms with Gasteiger partial charge in [0.15, 0.2) is 0 Å². The molecule has 0 saturated heterocycles. The molecule has 5 rings (SSSR count). The molecular weight excluding hydrogens is 915 g/mol. The van der Waals surface area contributed by atoms with Crippen LogP contribution in [0.4, 0.5) is 0 Å². The molecule has 4 aromatic carbocycles. The van der Waals surface area contributed by atoms with Gasteiger partial charge >= 0.3 is 16.4 Å². The standard InChI is InChI=1S/C52H65N7O10S/c1-3-4-5-6-13-21-47(60)54-30-15-14-20-44(56-49(61)43(53)33-41-34-59(35-55-41)48(39-16-9-7-10-17-39)40-18-11-8-12-19-40)50(62)57-45(31-37-24-22-36(2)23-25-37)51(63)58-46(52(64)65)32-38-26-28-42(29-27-38)69-70(66,67)68/h7-12,16-19,22-29,34-35,43-46,48H,3-6,13-15,20-21,30-33,53H2,1-2H3,(H,54,60)(H,56,61)(H,57,62)(H,58,63)(H,64,65)(H,66,67,68)/t43-,44-,45+,46?/m0/s1. The van der Waals surface area contributed by atoms with Gasteiger partial charge < -0.3 is 40.9 Å². The van der Waals surface area contributed by atoms with Gasteiger partial charge in [-0.2, -0.15) is 8.42 Å². The van der Waals surface area contributed by atoms with Crippen molar-refractivity contribution in [2.24, 2.45) is 5.73 Å². The van der Waals surface area contributed by atoms with Crippen molar-refractivity contribution >= 4 is 40.0 Å². The maximum absolute atomic E-state index is 14.4. The van der Waals surface area contributed by atoms with E-state index in [2.05, 4.69) is 37.4 Å². The zero-order chi connectivity index (χ0) is 50.5. The summed E-state index contributed by atoms with van der Waals surface area (Å²) in [6.07, 6.45) is 9.84. The molecule has 0 spiro atoms. The quantitative estimate of drug-likeness (QED) is 0.0230. The molecular formula is C52H65N7O10S. The molecule has 1 unspecified atom stereocenters. The lowest BCUT2D eigenvalue weighted by Crippen LogP contribution is -2.58. The Morgan fingerprint density at radius 2 is 1.24 bits per heavy atom. The van der Waals surface area contributed by atoms with Crippen LogP contribution >= 0.6 is 0 Å². The first-order valence-electron chi connectivity index (χ1n) is 23.7. The van der Waals surface area contributed by atoms with E-state index in [1.54, 1.807) is 18.5 Å². The molecule has 0 aliphatic rings. The molecule has 70 heavy (non-hydrogen) atoms. The number of benzene rings is 4. The molecule has 374 valence electrons. The van der Waals surface area contributed by atoms with E-state index in [0.29, 0.717) is 42.6 Å². The second-order valence-corrected chi connectivity index (χ2v) is 18.4. The summed E-state index contributed by atoms with van der Waals surface area (Å²) in [6, 6.07) is 27.0. The fraction of sp³-hybridized carbons (Fsp3) is 0.385. The number of rotatable bonds is 29. The summed E-state index contributed by atoms with van der Waals surface area (Å²) in [6.45, 7) is 4.38. The number of hydrogen-bond acceptors (Lipinski definition) is 10. The second-order valence-electron chi connectivity index (χ2n) is 17.4. The van der Waals surface area contributed by atoms with Crippen molar-refractivity contribution in [1.29, 1.82) is 0 Å². The average Bonchev–Trinajstić information content (AvgIpc) is 3.79. The number of carbonyl (C=O) groups is 5. The Morgan fingerprint density at radius 3 is 1.84 bits per heavy atom. The van der Waals surface area contributed by atoms with Crippen LogP contribution < -0.4 is 31.2 Å². The SMILES string of the molecule is CCCCCCCC(=O)NCCCC[C@H](NC(=O)[C@@H](N)Cc1cn(C(c2ccccc2)c2ccccc2)cn1)C(=O)N[C@H](Cc1ccc(C)cc1)C(=O)NC(Cc1ccc(OS(=O)(=O)O)cc1)C(=O)O. The number of nitrogens with one attached hydrogen (secondary N) is 4. The van der Waals surface area contributed by atoms with E-state index in [1.807, 2.05) is 90.5 Å². The third-order valence-corrected chi connectivity index (χ3v) is 12.1. The van der Waals surface area contributed by atoms with Crippen molar-refractivity contribution in [2.45, 2.75) is 121 Å². The molecule has 4 amide bonds. The number of unbranched alkanes of at least 4 members (excludes halogenated alkanes) is 5. The third-order valence-electron chi connectivity index (χ3n) is 11.7. The summed E-state index contributed by atoms with van der Waals surface area (Å²) in [5.74, 6) is -3.80. The number of nitrogens with two attached hydrogens (primary N) is 1. The van der Waals surface area contributed by atoms with E-state index in [4.69, 9.17) is 10.3 Å². The van der Waals surface area contributed by atoms with E-state index in [1.165, 1.54) is 24.3 Å². The van der Waals surface area contributed by atoms with Crippen LogP contribution in [-0.4, -0.2) is 87.9 Å². The van der Waals surface area contributed by atoms with Crippen LogP contribution in [0.25, 0.3) is 0 Å². The van der Waals surface area contributed by atoms with Gasteiger partial charge in [0.25, 0.3) is 0 Å². The predicted molar refractivity (Wildman–Crippen MR) is 265 cm³/mol. The van der Waals surface area contributed by atoms with Gasteiger partial charge in [0.1, 0.15) is 23.9 Å². The number of carboxylic acids is 1. The number of carbonyl (C=O) groups excluding carboxylic acids is 4. The van der Waals surface area contributed by atoms with Crippen molar-refractivity contribution in [1.82, 2.24) is 30.8 Å². The highest BCUT2D eigenvalue weighted by Gasteiger charge is 2.31. The molecule has 0 bridgehead atoms. The Balaban J connectivity index is 1.31. The minimum atomic E-state index is -4.79. The molecule has 5 aromatic rings. The summed E-state index contributed by atoms with van der Waals surface area (Å²) in [5, 5.41) is 21.2. The highest BCUT2D eigenvalue weighted by Crippen LogP contribution is 2.27. The molecule has 17 nitrogen and oxygen atoms in total. The first kappa shape index (κ1) is 54.1. The largest absolute Gasteiger partial charge is 0.480 e. The van der Waals surface area contributed by atoms with Crippen LogP contribution in [0, 0.1) is 6.92 Å². The van der Waals surface area contributed by atoms with E-state index in [-0.39, 0.29) is 43.4 Å². The number of aromatic nitrogens is 2. The third kappa shape index (κ3) is 18.2. The first-order chi connectivity index (χ1) is 33.6. The lowest BCUT2D eigenvalue weighted by atomic mass is 9.98. The molecule has 1 heterocycles. The zero-order valence-electron chi connectivity index (χ0n) is 39.7. The molecule has 0 saturated carbocycles. The summed E-state index contributed by atoms with van der Waals surface area (Å²) >= 11 is 0. The number of imidazole rings is 1. The van der Waals surface area contributed by atoms with Crippen LogP contribution in [0.3, 0.4) is 0 Å². The fourth-order valence-corrected chi connectivity index (χ4v) is 8.28. The van der Waals surface area contributed by atoms with Crippen molar-refractivity contribution in [2.75, 3.05) is 6.54 Å². The molecule has 0 fully saturated rings. The number of amides is 4. The maximum Gasteiger partial charge on any atom is 0.446 e. The fourth-order valence-electron chi connectivity index (χ4n) is 7.93. The highest BCUT2D eigenvalue weighted by atomic mass is 32.3. The van der Waals surface area contributed by atoms with E-state index < -0.39 is 58.3 Å². The van der Waals surface area contributed by atoms with Gasteiger partial charge in [-0.1, -0.05) is 135 Å². The lowest BCUT2D eigenvalue weighted by Gasteiger charge is -2.25. The number of nitrogens with zero attached hydrogens (tertiary/aromatic N) is 2. The maximum atomic E-state index is 14.4. The van der Waals surface area contributed by atoms with Crippen LogP contribution in [0.1, 0.15) is 104 Å². The molecule has 0 aliphatic heterocycles. The Kier molecular flexibility index (Phi) is 21.1. The van der Waals surface area contributed by atoms with Gasteiger partial charge in [-0.15, -0.1) is 0 Å². The summed E-state index contributed by atoms with van der Waals surface area (Å²) in [5.41, 5.74) is 11.1. The van der Waals surface area contributed by atoms with Crippen LogP contribution in [0.5, 0.6) is 5.75 Å². The van der Waals surface area contributed by atoms with E-state index in [9.17, 15) is 37.5 Å². The topological polar surface area (TPSA) is 261 Å². The zero-order valence-corrected chi connectivity index (χ0v) is 40.5. The molecule has 8 N–H and O–H groups in total. The normalized spacial score (nSPS) is 13.1. The second kappa shape index (κ2) is 27.3. The van der Waals surface area contributed by atoms with Crippen LogP contribution in [0.15, 0.2) is 122 Å². The van der Waals surface area contributed by atoms with Crippen molar-refractivity contribution < 1.29 is 46.2 Å². The van der Waals surface area contributed by atoms with Crippen molar-refractivity contribution in [3.05, 3.63) is 155 Å². The number of aryl methyl sites for hydroxylation is 1. The average molecular weight is 980 g/mol. The van der Waals surface area contributed by atoms with Gasteiger partial charge in [-0.25, -0.2) is 9.78 Å². The molecule has 18 heteroatoms. The molecule has 0 aliphatic carbocycles. The van der Waals surface area contributed by atoms with Crippen LogP contribution in [0.2, 0.25) is 0 Å². The molecule has 0 radical (unpaired) electrons. The van der Waals surface area contributed by atoms with Gasteiger partial charge in [-0.3, -0.25) is 23.7 Å². The van der Waals surface area contributed by atoms with Gasteiger partial charge in [0, 0.05) is 38.4 Å². The number of aliphatic carboxylic acids is 1. The summed E-state index contributed by atoms with van der Waals surface area (Å²) in [7, 11) is -4.79. The Hall–Kier alpha value is -6.89. The Morgan fingerprint density at radius 1 is 0.686 bits per heavy atom. The Labute approximate surface area is 410 Å². The molecule has 1 aromatic heterocycles. The predicted octanol–water partition coefficient (Wildman–Crippen LogP) is 5.55. The minimum absolute atomic E-state index is 0.0356. The smallest absolute Gasteiger partial charge is 0.446 e. The van der Waals surface area contributed by atoms with Crippen molar-refractivity contribution in [3.8, 4) is 5.75 Å². The number of hydrogen-bond donors (Lipinski definition) is 7. The van der Waals surface area contributed by atoms with Gasteiger partial charge in [-0.05, 0) is 67.0 Å². The van der Waals surface area contributed by atoms with Crippen LogP contribution in [-0.2, 0) is 53.6 Å². The van der Waals surface area contributed by atoms with E-state index in [0.717, 1.165) is 48.8 Å². The van der Waals surface area contributed by atoms with Gasteiger partial charge in [0.2, 0.25) is 23.6 Å². The van der Waals surface area contributed by atoms with Crippen molar-refractivity contribution in [3.63, 3.8) is 0 Å². The monoisotopic (exact) mass is 979 g/mol. The summed E-state index contributed by atoms with van der Waals surface area (Å²) < 4.78 is 37.7. The molecule has 4 atom stereocenters. The van der Waals surface area contributed by atoms with E-state index >= 15 is 0 Å². The lowest BCUT2D eigenvalue weighted by molar-refractivity contribution is -0.142. The van der Waals surface area contributed by atoms with Gasteiger partial charge in [0.05, 0.1) is 24.1 Å². The Bertz CT molecular complexity index is 2520. The minimum Gasteiger partial charge on any atom is -0.480 e. The summed E-state index contributed by atoms with van der Waals surface area (Å²) in [4.78, 5) is 71.9. The first-order valence-corrected chi connectivity index (χ1v) is 25.0.